The number of pyridine rings is 1. The highest BCUT2D eigenvalue weighted by molar-refractivity contribution is 7.84. The molecule has 0 radical (unpaired) electrons. The fraction of sp³-hybridized carbons (Fsp3) is 0.444. The van der Waals surface area contributed by atoms with Gasteiger partial charge in [-0.3, -0.25) is 4.21 Å². The number of aliphatic hydroxyl groups is 1. The van der Waals surface area contributed by atoms with E-state index in [4.69, 9.17) is 5.11 Å². The Morgan fingerprint density at radius 3 is 2.85 bits per heavy atom. The Kier molecular flexibility index (Phi) is 3.57. The van der Waals surface area contributed by atoms with Crippen molar-refractivity contribution in [1.82, 2.24) is 4.98 Å². The standard InChI is InChI=1S/C9H13NO2S/c1-3-13(12)9-8(6-11)7(2)4-5-10-9/h4-5,11H,3,6H2,1-2H3. The molecular formula is C9H13NO2S. The van der Waals surface area contributed by atoms with Crippen molar-refractivity contribution in [1.29, 1.82) is 0 Å². The van der Waals surface area contributed by atoms with E-state index in [2.05, 4.69) is 4.98 Å². The van der Waals surface area contributed by atoms with Gasteiger partial charge in [0, 0.05) is 17.5 Å². The third-order valence-corrected chi connectivity index (χ3v) is 3.19. The summed E-state index contributed by atoms with van der Waals surface area (Å²) in [5, 5.41) is 9.59. The molecule has 0 saturated heterocycles. The van der Waals surface area contributed by atoms with Gasteiger partial charge in [-0.15, -0.1) is 0 Å². The second-order valence-corrected chi connectivity index (χ2v) is 4.36. The Hall–Kier alpha value is -0.740. The molecule has 0 saturated carbocycles. The second-order valence-electron chi connectivity index (χ2n) is 2.70. The molecule has 0 bridgehead atoms. The summed E-state index contributed by atoms with van der Waals surface area (Å²) >= 11 is 0. The highest BCUT2D eigenvalue weighted by atomic mass is 32.2. The third-order valence-electron chi connectivity index (χ3n) is 1.89. The van der Waals surface area contributed by atoms with Gasteiger partial charge in [-0.2, -0.15) is 0 Å². The van der Waals surface area contributed by atoms with Gasteiger partial charge in [0.25, 0.3) is 0 Å². The van der Waals surface area contributed by atoms with Gasteiger partial charge in [0.2, 0.25) is 0 Å². The molecule has 1 aromatic rings. The topological polar surface area (TPSA) is 50.2 Å². The molecule has 0 aliphatic carbocycles. The molecular weight excluding hydrogens is 186 g/mol. The normalized spacial score (nSPS) is 12.8. The quantitative estimate of drug-likeness (QED) is 0.790. The largest absolute Gasteiger partial charge is 0.392 e. The molecule has 0 fully saturated rings. The zero-order valence-corrected chi connectivity index (χ0v) is 8.60. The van der Waals surface area contributed by atoms with Gasteiger partial charge >= 0.3 is 0 Å². The van der Waals surface area contributed by atoms with Crippen LogP contribution in [0.3, 0.4) is 0 Å². The smallest absolute Gasteiger partial charge is 0.132 e. The first kappa shape index (κ1) is 10.3. The molecule has 4 heteroatoms. The van der Waals surface area contributed by atoms with Crippen LogP contribution in [0, 0.1) is 6.92 Å². The van der Waals surface area contributed by atoms with Crippen LogP contribution in [0.4, 0.5) is 0 Å². The maximum atomic E-state index is 11.5. The molecule has 0 aliphatic rings. The zero-order chi connectivity index (χ0) is 9.84. The van der Waals surface area contributed by atoms with Crippen LogP contribution in [-0.2, 0) is 17.4 Å². The number of aromatic nitrogens is 1. The predicted octanol–water partition coefficient (Wildman–Crippen LogP) is 1.01. The monoisotopic (exact) mass is 199 g/mol. The highest BCUT2D eigenvalue weighted by Crippen LogP contribution is 2.14. The lowest BCUT2D eigenvalue weighted by Gasteiger charge is -2.06. The van der Waals surface area contributed by atoms with E-state index in [1.807, 2.05) is 19.9 Å². The van der Waals surface area contributed by atoms with Crippen LogP contribution < -0.4 is 0 Å². The first-order valence-corrected chi connectivity index (χ1v) is 5.46. The molecule has 1 atom stereocenters. The van der Waals surface area contributed by atoms with Gasteiger partial charge in [-0.05, 0) is 18.6 Å². The molecule has 0 aliphatic heterocycles. The van der Waals surface area contributed by atoms with Crippen molar-refractivity contribution in [3.63, 3.8) is 0 Å². The average molecular weight is 199 g/mol. The van der Waals surface area contributed by atoms with Crippen molar-refractivity contribution in [3.05, 3.63) is 23.4 Å². The summed E-state index contributed by atoms with van der Waals surface area (Å²) in [7, 11) is -1.08. The van der Waals surface area contributed by atoms with Crippen LogP contribution in [0.15, 0.2) is 17.3 Å². The second kappa shape index (κ2) is 4.48. The Balaban J connectivity index is 3.20. The molecule has 1 heterocycles. The average Bonchev–Trinajstić information content (AvgIpc) is 2.16. The first-order chi connectivity index (χ1) is 6.20. The lowest BCUT2D eigenvalue weighted by molar-refractivity contribution is 0.277. The van der Waals surface area contributed by atoms with E-state index in [1.54, 1.807) is 6.20 Å². The van der Waals surface area contributed by atoms with E-state index in [-0.39, 0.29) is 6.61 Å². The summed E-state index contributed by atoms with van der Waals surface area (Å²) in [6.45, 7) is 3.62. The molecule has 0 spiro atoms. The van der Waals surface area contributed by atoms with Crippen molar-refractivity contribution in [2.45, 2.75) is 25.5 Å². The van der Waals surface area contributed by atoms with E-state index in [0.717, 1.165) is 5.56 Å². The third kappa shape index (κ3) is 2.14. The van der Waals surface area contributed by atoms with Crippen LogP contribution in [0.5, 0.6) is 0 Å². The number of nitrogens with zero attached hydrogens (tertiary/aromatic N) is 1. The molecule has 1 aromatic heterocycles. The Bertz CT molecular complexity index is 325. The number of hydrogen-bond acceptors (Lipinski definition) is 3. The maximum Gasteiger partial charge on any atom is 0.132 e. The van der Waals surface area contributed by atoms with Crippen molar-refractivity contribution in [2.75, 3.05) is 5.75 Å². The van der Waals surface area contributed by atoms with E-state index in [0.29, 0.717) is 16.3 Å². The summed E-state index contributed by atoms with van der Waals surface area (Å²) < 4.78 is 11.5. The highest BCUT2D eigenvalue weighted by Gasteiger charge is 2.10. The number of hydrogen-bond donors (Lipinski definition) is 1. The maximum absolute atomic E-state index is 11.5. The molecule has 1 N–H and O–H groups in total. The minimum atomic E-state index is -1.08. The van der Waals surface area contributed by atoms with Crippen LogP contribution in [0.25, 0.3) is 0 Å². The van der Waals surface area contributed by atoms with Crippen molar-refractivity contribution >= 4 is 10.8 Å². The molecule has 72 valence electrons. The predicted molar refractivity (Wildman–Crippen MR) is 51.8 cm³/mol. The van der Waals surface area contributed by atoms with Crippen molar-refractivity contribution < 1.29 is 9.32 Å². The molecule has 0 aromatic carbocycles. The Morgan fingerprint density at radius 2 is 2.31 bits per heavy atom. The molecule has 13 heavy (non-hydrogen) atoms. The molecule has 0 amide bonds. The van der Waals surface area contributed by atoms with Crippen LogP contribution >= 0.6 is 0 Å². The molecule has 1 rings (SSSR count). The minimum absolute atomic E-state index is 0.0965. The Labute approximate surface area is 80.3 Å². The van der Waals surface area contributed by atoms with Crippen LogP contribution in [0.1, 0.15) is 18.1 Å². The van der Waals surface area contributed by atoms with Crippen LogP contribution in [0.2, 0.25) is 0 Å². The number of aliphatic hydroxyl groups excluding tert-OH is 1. The van der Waals surface area contributed by atoms with Gasteiger partial charge in [0.15, 0.2) is 0 Å². The molecule has 3 nitrogen and oxygen atoms in total. The summed E-state index contributed by atoms with van der Waals surface area (Å²) in [6.07, 6.45) is 1.62. The fourth-order valence-corrected chi connectivity index (χ4v) is 2.04. The summed E-state index contributed by atoms with van der Waals surface area (Å²) in [5.41, 5.74) is 1.64. The summed E-state index contributed by atoms with van der Waals surface area (Å²) in [4.78, 5) is 4.02. The van der Waals surface area contributed by atoms with Gasteiger partial charge in [0.05, 0.1) is 17.4 Å². The fourth-order valence-electron chi connectivity index (χ4n) is 1.09. The minimum Gasteiger partial charge on any atom is -0.392 e. The lowest BCUT2D eigenvalue weighted by atomic mass is 10.2. The van der Waals surface area contributed by atoms with Gasteiger partial charge in [-0.25, -0.2) is 4.98 Å². The lowest BCUT2D eigenvalue weighted by Crippen LogP contribution is -2.04. The van der Waals surface area contributed by atoms with Crippen molar-refractivity contribution in [3.8, 4) is 0 Å². The molecule has 1 unspecified atom stereocenters. The summed E-state index contributed by atoms with van der Waals surface area (Å²) in [6, 6.07) is 1.81. The van der Waals surface area contributed by atoms with Gasteiger partial charge in [0.1, 0.15) is 5.03 Å². The van der Waals surface area contributed by atoms with Gasteiger partial charge in [-0.1, -0.05) is 6.92 Å². The van der Waals surface area contributed by atoms with E-state index >= 15 is 0 Å². The van der Waals surface area contributed by atoms with E-state index in [1.165, 1.54) is 0 Å². The first-order valence-electron chi connectivity index (χ1n) is 4.14. The SMILES string of the molecule is CCS(=O)c1nccc(C)c1CO. The van der Waals surface area contributed by atoms with E-state index < -0.39 is 10.8 Å². The number of aryl methyl sites for hydroxylation is 1. The van der Waals surface area contributed by atoms with E-state index in [9.17, 15) is 4.21 Å². The van der Waals surface area contributed by atoms with Crippen molar-refractivity contribution in [2.24, 2.45) is 0 Å². The summed E-state index contributed by atoms with van der Waals surface area (Å²) in [5.74, 6) is 0.531. The number of rotatable bonds is 3. The Morgan fingerprint density at radius 1 is 1.62 bits per heavy atom. The van der Waals surface area contributed by atoms with Crippen LogP contribution in [-0.4, -0.2) is 20.1 Å². The van der Waals surface area contributed by atoms with Gasteiger partial charge < -0.3 is 5.11 Å². The zero-order valence-electron chi connectivity index (χ0n) is 7.78.